The SMILES string of the molecule is CCNC(C)c1nnc(N2CCC(C)C2)o1. The van der Waals surface area contributed by atoms with Crippen LogP contribution in [0.4, 0.5) is 6.01 Å². The Morgan fingerprint density at radius 3 is 3.00 bits per heavy atom. The summed E-state index contributed by atoms with van der Waals surface area (Å²) in [7, 11) is 0. The first-order valence-corrected chi connectivity index (χ1v) is 6.02. The van der Waals surface area contributed by atoms with Gasteiger partial charge in [0.1, 0.15) is 0 Å². The summed E-state index contributed by atoms with van der Waals surface area (Å²) in [6.07, 6.45) is 1.21. The molecule has 2 atom stereocenters. The lowest BCUT2D eigenvalue weighted by Gasteiger charge is -2.11. The van der Waals surface area contributed by atoms with Crippen molar-refractivity contribution in [3.8, 4) is 0 Å². The Hall–Kier alpha value is -1.10. The van der Waals surface area contributed by atoms with Gasteiger partial charge in [-0.15, -0.1) is 5.10 Å². The van der Waals surface area contributed by atoms with Crippen LogP contribution in [-0.2, 0) is 0 Å². The summed E-state index contributed by atoms with van der Waals surface area (Å²) < 4.78 is 5.67. The molecule has 0 bridgehead atoms. The summed E-state index contributed by atoms with van der Waals surface area (Å²) in [5, 5.41) is 11.4. The number of hydrogen-bond acceptors (Lipinski definition) is 5. The molecule has 0 aliphatic carbocycles. The fourth-order valence-corrected chi connectivity index (χ4v) is 2.03. The molecule has 1 N–H and O–H groups in total. The Bertz CT molecular complexity index is 338. The number of nitrogens with one attached hydrogen (secondary N) is 1. The van der Waals surface area contributed by atoms with Crippen LogP contribution in [0.1, 0.15) is 39.1 Å². The molecule has 1 aliphatic heterocycles. The van der Waals surface area contributed by atoms with Gasteiger partial charge in [-0.2, -0.15) is 0 Å². The molecule has 0 aromatic carbocycles. The van der Waals surface area contributed by atoms with Crippen LogP contribution in [0, 0.1) is 5.92 Å². The van der Waals surface area contributed by atoms with Crippen LogP contribution in [0.2, 0.25) is 0 Å². The van der Waals surface area contributed by atoms with Gasteiger partial charge in [0, 0.05) is 13.1 Å². The molecule has 1 aromatic heterocycles. The van der Waals surface area contributed by atoms with Crippen molar-refractivity contribution in [1.82, 2.24) is 15.5 Å². The second kappa shape index (κ2) is 4.82. The first-order chi connectivity index (χ1) is 7.70. The molecule has 5 nitrogen and oxygen atoms in total. The van der Waals surface area contributed by atoms with Gasteiger partial charge in [-0.1, -0.05) is 18.9 Å². The first-order valence-electron chi connectivity index (χ1n) is 6.02. The fourth-order valence-electron chi connectivity index (χ4n) is 2.03. The van der Waals surface area contributed by atoms with Gasteiger partial charge in [0.2, 0.25) is 5.89 Å². The van der Waals surface area contributed by atoms with Crippen LogP contribution in [0.5, 0.6) is 0 Å². The van der Waals surface area contributed by atoms with Crippen LogP contribution in [0.3, 0.4) is 0 Å². The maximum absolute atomic E-state index is 5.67. The van der Waals surface area contributed by atoms with E-state index in [1.54, 1.807) is 0 Å². The molecule has 0 saturated carbocycles. The molecule has 2 unspecified atom stereocenters. The highest BCUT2D eigenvalue weighted by molar-refractivity contribution is 5.26. The summed E-state index contributed by atoms with van der Waals surface area (Å²) in [5.41, 5.74) is 0. The fraction of sp³-hybridized carbons (Fsp3) is 0.818. The molecule has 1 fully saturated rings. The lowest BCUT2D eigenvalue weighted by molar-refractivity contribution is 0.421. The van der Waals surface area contributed by atoms with Crippen molar-refractivity contribution in [2.75, 3.05) is 24.5 Å². The van der Waals surface area contributed by atoms with Crippen molar-refractivity contribution in [3.05, 3.63) is 5.89 Å². The zero-order valence-electron chi connectivity index (χ0n) is 10.2. The van der Waals surface area contributed by atoms with E-state index in [9.17, 15) is 0 Å². The lowest BCUT2D eigenvalue weighted by Crippen LogP contribution is -2.19. The Labute approximate surface area is 96.2 Å². The van der Waals surface area contributed by atoms with Gasteiger partial charge in [0.25, 0.3) is 0 Å². The Morgan fingerprint density at radius 1 is 1.56 bits per heavy atom. The topological polar surface area (TPSA) is 54.2 Å². The normalized spacial score (nSPS) is 22.7. The number of rotatable bonds is 4. The summed E-state index contributed by atoms with van der Waals surface area (Å²) in [6, 6.07) is 0.801. The zero-order chi connectivity index (χ0) is 11.5. The first kappa shape index (κ1) is 11.4. The van der Waals surface area contributed by atoms with Crippen LogP contribution >= 0.6 is 0 Å². The quantitative estimate of drug-likeness (QED) is 0.841. The average Bonchev–Trinajstić information content (AvgIpc) is 2.85. The van der Waals surface area contributed by atoms with Crippen LogP contribution in [0.25, 0.3) is 0 Å². The maximum atomic E-state index is 5.67. The Kier molecular flexibility index (Phi) is 3.43. The van der Waals surface area contributed by atoms with Gasteiger partial charge >= 0.3 is 6.01 Å². The average molecular weight is 224 g/mol. The highest BCUT2D eigenvalue weighted by Gasteiger charge is 2.24. The highest BCUT2D eigenvalue weighted by atomic mass is 16.4. The number of hydrogen-bond donors (Lipinski definition) is 1. The van der Waals surface area contributed by atoms with Gasteiger partial charge in [0.15, 0.2) is 0 Å². The van der Waals surface area contributed by atoms with E-state index >= 15 is 0 Å². The van der Waals surface area contributed by atoms with Gasteiger partial charge in [-0.3, -0.25) is 0 Å². The molecule has 2 rings (SSSR count). The van der Waals surface area contributed by atoms with E-state index in [4.69, 9.17) is 4.42 Å². The third-order valence-electron chi connectivity index (χ3n) is 3.01. The molecule has 0 amide bonds. The minimum Gasteiger partial charge on any atom is -0.406 e. The lowest BCUT2D eigenvalue weighted by atomic mass is 10.2. The van der Waals surface area contributed by atoms with E-state index in [0.717, 1.165) is 25.6 Å². The van der Waals surface area contributed by atoms with Gasteiger partial charge in [-0.25, -0.2) is 0 Å². The van der Waals surface area contributed by atoms with E-state index < -0.39 is 0 Å². The molecule has 5 heteroatoms. The molecular formula is C11H20N4O. The van der Waals surface area contributed by atoms with Gasteiger partial charge in [0.05, 0.1) is 6.04 Å². The zero-order valence-corrected chi connectivity index (χ0v) is 10.2. The third kappa shape index (κ3) is 2.35. The molecule has 0 spiro atoms. The summed E-state index contributed by atoms with van der Waals surface area (Å²) in [6.45, 7) is 9.30. The molecular weight excluding hydrogens is 204 g/mol. The van der Waals surface area contributed by atoms with Crippen molar-refractivity contribution in [2.24, 2.45) is 5.92 Å². The van der Waals surface area contributed by atoms with Crippen LogP contribution in [0.15, 0.2) is 4.42 Å². The number of nitrogens with zero attached hydrogens (tertiary/aromatic N) is 3. The summed E-state index contributed by atoms with van der Waals surface area (Å²) in [5.74, 6) is 1.40. The van der Waals surface area contributed by atoms with Crippen molar-refractivity contribution in [3.63, 3.8) is 0 Å². The summed E-state index contributed by atoms with van der Waals surface area (Å²) in [4.78, 5) is 2.17. The molecule has 90 valence electrons. The third-order valence-corrected chi connectivity index (χ3v) is 3.01. The van der Waals surface area contributed by atoms with Crippen molar-refractivity contribution in [1.29, 1.82) is 0 Å². The van der Waals surface area contributed by atoms with Gasteiger partial charge in [-0.05, 0) is 25.8 Å². The predicted molar refractivity (Wildman–Crippen MR) is 62.4 cm³/mol. The van der Waals surface area contributed by atoms with E-state index in [0.29, 0.717) is 11.9 Å². The highest BCUT2D eigenvalue weighted by Crippen LogP contribution is 2.23. The molecule has 1 saturated heterocycles. The van der Waals surface area contributed by atoms with E-state index in [1.807, 2.05) is 6.92 Å². The second-order valence-electron chi connectivity index (χ2n) is 4.54. The van der Waals surface area contributed by atoms with Crippen molar-refractivity contribution < 1.29 is 4.42 Å². The minimum atomic E-state index is 0.131. The predicted octanol–water partition coefficient (Wildman–Crippen LogP) is 1.59. The van der Waals surface area contributed by atoms with E-state index in [1.165, 1.54) is 6.42 Å². The van der Waals surface area contributed by atoms with E-state index in [-0.39, 0.29) is 6.04 Å². The van der Waals surface area contributed by atoms with Crippen LogP contribution in [-0.4, -0.2) is 29.8 Å². The van der Waals surface area contributed by atoms with Crippen molar-refractivity contribution in [2.45, 2.75) is 33.2 Å². The second-order valence-corrected chi connectivity index (χ2v) is 4.54. The molecule has 0 radical (unpaired) electrons. The molecule has 16 heavy (non-hydrogen) atoms. The number of aromatic nitrogens is 2. The van der Waals surface area contributed by atoms with E-state index in [2.05, 4.69) is 34.3 Å². The largest absolute Gasteiger partial charge is 0.406 e. The summed E-state index contributed by atoms with van der Waals surface area (Å²) >= 11 is 0. The smallest absolute Gasteiger partial charge is 0.318 e. The minimum absolute atomic E-state index is 0.131. The standard InChI is InChI=1S/C11H20N4O/c1-4-12-9(3)10-13-14-11(16-10)15-6-5-8(2)7-15/h8-9,12H,4-7H2,1-3H3. The molecule has 1 aromatic rings. The number of anilines is 1. The van der Waals surface area contributed by atoms with Crippen molar-refractivity contribution >= 4 is 6.01 Å². The van der Waals surface area contributed by atoms with Gasteiger partial charge < -0.3 is 14.6 Å². The Balaban J connectivity index is 2.01. The molecule has 2 heterocycles. The Morgan fingerprint density at radius 2 is 2.38 bits per heavy atom. The molecule has 1 aliphatic rings. The maximum Gasteiger partial charge on any atom is 0.318 e. The monoisotopic (exact) mass is 224 g/mol. The van der Waals surface area contributed by atoms with Crippen LogP contribution < -0.4 is 10.2 Å².